The second kappa shape index (κ2) is 6.42. The van der Waals surface area contributed by atoms with E-state index >= 15 is 0 Å². The fourth-order valence-corrected chi connectivity index (χ4v) is 2.24. The molecule has 144 valence electrons. The van der Waals surface area contributed by atoms with Crippen molar-refractivity contribution in [1.29, 1.82) is 0 Å². The Morgan fingerprint density at radius 3 is 1.50 bits per heavy atom. The van der Waals surface area contributed by atoms with Crippen molar-refractivity contribution in [3.8, 4) is 0 Å². The molecule has 2 nitrogen and oxygen atoms in total. The number of hydrogen-bond donors (Lipinski definition) is 0. The lowest BCUT2D eigenvalue weighted by Gasteiger charge is -2.51. The molecule has 1 heterocycles. The molecule has 0 bridgehead atoms. The molecule has 0 aromatic heterocycles. The van der Waals surface area contributed by atoms with Crippen LogP contribution in [0.2, 0.25) is 0 Å². The van der Waals surface area contributed by atoms with Crippen molar-refractivity contribution >= 4 is 0 Å². The highest BCUT2D eigenvalue weighted by Gasteiger charge is 2.83. The van der Waals surface area contributed by atoms with Crippen molar-refractivity contribution in [3.63, 3.8) is 0 Å². The molecule has 0 saturated carbocycles. The lowest BCUT2D eigenvalue weighted by molar-refractivity contribution is -0.414. The molecule has 1 atom stereocenters. The number of halogens is 12. The first-order chi connectivity index (χ1) is 10.7. The van der Waals surface area contributed by atoms with E-state index in [1.807, 2.05) is 0 Å². The zero-order valence-corrected chi connectivity index (χ0v) is 11.1. The SMILES string of the molecule is FC(F)C(F)(F)C1OCOCC1(C(F)(F)C(F)F)C(F)(F)C(F)F. The molecule has 0 amide bonds. The zero-order chi connectivity index (χ0) is 19.1. The molecule has 0 radical (unpaired) electrons. The lowest BCUT2D eigenvalue weighted by atomic mass is 9.68. The van der Waals surface area contributed by atoms with Crippen LogP contribution < -0.4 is 0 Å². The molecule has 1 rings (SSSR count). The van der Waals surface area contributed by atoms with Crippen molar-refractivity contribution in [2.24, 2.45) is 5.41 Å². The maximum Gasteiger partial charge on any atom is 0.334 e. The fourth-order valence-electron chi connectivity index (χ4n) is 2.24. The summed E-state index contributed by atoms with van der Waals surface area (Å²) < 4.78 is 164. The monoisotopic (exact) mass is 388 g/mol. The molecule has 1 aliphatic heterocycles. The van der Waals surface area contributed by atoms with Crippen LogP contribution in [0.3, 0.4) is 0 Å². The van der Waals surface area contributed by atoms with Crippen molar-refractivity contribution in [1.82, 2.24) is 0 Å². The molecule has 1 aliphatic rings. The summed E-state index contributed by atoms with van der Waals surface area (Å²) >= 11 is 0. The Labute approximate surface area is 125 Å². The Morgan fingerprint density at radius 2 is 1.17 bits per heavy atom. The molecule has 0 aromatic carbocycles. The van der Waals surface area contributed by atoms with Gasteiger partial charge in [-0.2, -0.15) is 26.3 Å². The van der Waals surface area contributed by atoms with Gasteiger partial charge < -0.3 is 9.47 Å². The van der Waals surface area contributed by atoms with Crippen molar-refractivity contribution in [2.45, 2.75) is 43.1 Å². The van der Waals surface area contributed by atoms with Gasteiger partial charge in [0.05, 0.1) is 6.61 Å². The van der Waals surface area contributed by atoms with Crippen LogP contribution in [-0.4, -0.2) is 56.5 Å². The van der Waals surface area contributed by atoms with Gasteiger partial charge in [0, 0.05) is 0 Å². The summed E-state index contributed by atoms with van der Waals surface area (Å²) in [5, 5.41) is 0. The van der Waals surface area contributed by atoms with Crippen LogP contribution in [0.5, 0.6) is 0 Å². The van der Waals surface area contributed by atoms with Gasteiger partial charge >= 0.3 is 37.0 Å². The van der Waals surface area contributed by atoms with Crippen LogP contribution in [0, 0.1) is 5.41 Å². The molecule has 0 N–H and O–H groups in total. The molecule has 24 heavy (non-hydrogen) atoms. The van der Waals surface area contributed by atoms with Crippen LogP contribution in [0.15, 0.2) is 0 Å². The van der Waals surface area contributed by atoms with Crippen LogP contribution in [0.4, 0.5) is 52.7 Å². The molecule has 0 aromatic rings. The average Bonchev–Trinajstić information content (AvgIpc) is 2.46. The number of ether oxygens (including phenoxy) is 2. The topological polar surface area (TPSA) is 18.5 Å². The second-order valence-electron chi connectivity index (χ2n) is 4.81. The Hall–Kier alpha value is -0.920. The molecule has 0 aliphatic carbocycles. The van der Waals surface area contributed by atoms with Crippen molar-refractivity contribution in [3.05, 3.63) is 0 Å². The Morgan fingerprint density at radius 1 is 0.750 bits per heavy atom. The number of hydrogen-bond acceptors (Lipinski definition) is 2. The Bertz CT molecular complexity index is 418. The molecule has 1 fully saturated rings. The van der Waals surface area contributed by atoms with Crippen LogP contribution >= 0.6 is 0 Å². The minimum absolute atomic E-state index is 1.55. The summed E-state index contributed by atoms with van der Waals surface area (Å²) in [6, 6.07) is 0. The number of rotatable bonds is 6. The van der Waals surface area contributed by atoms with E-state index < -0.39 is 62.0 Å². The maximum absolute atomic E-state index is 13.7. The third-order valence-corrected chi connectivity index (χ3v) is 3.47. The average molecular weight is 388 g/mol. The van der Waals surface area contributed by atoms with Crippen molar-refractivity contribution < 1.29 is 62.2 Å². The molecule has 1 unspecified atom stereocenters. The van der Waals surface area contributed by atoms with E-state index in [0.29, 0.717) is 0 Å². The summed E-state index contributed by atoms with van der Waals surface area (Å²) in [7, 11) is 0. The van der Waals surface area contributed by atoms with E-state index in [-0.39, 0.29) is 0 Å². The maximum atomic E-state index is 13.7. The summed E-state index contributed by atoms with van der Waals surface area (Å²) in [6.45, 7) is -4.04. The highest BCUT2D eigenvalue weighted by molar-refractivity contribution is 5.13. The fraction of sp³-hybridized carbons (Fsp3) is 1.00. The summed E-state index contributed by atoms with van der Waals surface area (Å²) in [6.07, 6.45) is -19.7. The largest absolute Gasteiger partial charge is 0.354 e. The minimum Gasteiger partial charge on any atom is -0.354 e. The van der Waals surface area contributed by atoms with E-state index in [2.05, 4.69) is 9.47 Å². The summed E-state index contributed by atoms with van der Waals surface area (Å²) in [5.74, 6) is -18.4. The van der Waals surface area contributed by atoms with Crippen LogP contribution in [0.25, 0.3) is 0 Å². The zero-order valence-electron chi connectivity index (χ0n) is 11.1. The summed E-state index contributed by atoms with van der Waals surface area (Å²) in [5.41, 5.74) is -5.44. The third-order valence-electron chi connectivity index (χ3n) is 3.47. The van der Waals surface area contributed by atoms with Gasteiger partial charge in [-0.1, -0.05) is 0 Å². The minimum atomic E-state index is -6.28. The molecular weight excluding hydrogens is 380 g/mol. The normalized spacial score (nSPS) is 23.4. The molecular formula is C10H8F12O2. The molecule has 1 saturated heterocycles. The predicted octanol–water partition coefficient (Wildman–Crippen LogP) is 4.05. The smallest absolute Gasteiger partial charge is 0.334 e. The van der Waals surface area contributed by atoms with Gasteiger partial charge in [0.1, 0.15) is 12.9 Å². The van der Waals surface area contributed by atoms with E-state index in [4.69, 9.17) is 0 Å². The van der Waals surface area contributed by atoms with E-state index in [1.165, 1.54) is 0 Å². The van der Waals surface area contributed by atoms with Gasteiger partial charge in [-0.05, 0) is 0 Å². The van der Waals surface area contributed by atoms with Gasteiger partial charge in [0.2, 0.25) is 0 Å². The van der Waals surface area contributed by atoms with E-state index in [9.17, 15) is 52.7 Å². The first-order valence-corrected chi connectivity index (χ1v) is 5.84. The van der Waals surface area contributed by atoms with E-state index in [0.717, 1.165) is 0 Å². The third kappa shape index (κ3) is 2.80. The Balaban J connectivity index is 3.72. The molecule has 14 heteroatoms. The first-order valence-electron chi connectivity index (χ1n) is 5.84. The molecule has 0 spiro atoms. The Kier molecular flexibility index (Phi) is 5.65. The second-order valence-corrected chi connectivity index (χ2v) is 4.81. The van der Waals surface area contributed by atoms with Crippen molar-refractivity contribution in [2.75, 3.05) is 13.4 Å². The highest BCUT2D eigenvalue weighted by atomic mass is 19.3. The van der Waals surface area contributed by atoms with Gasteiger partial charge in [-0.25, -0.2) is 26.3 Å². The van der Waals surface area contributed by atoms with Crippen LogP contribution in [0.1, 0.15) is 0 Å². The summed E-state index contributed by atoms with van der Waals surface area (Å²) in [4.78, 5) is 0. The van der Waals surface area contributed by atoms with Crippen LogP contribution in [-0.2, 0) is 9.47 Å². The standard InChI is InChI=1S/C10H8F12O2/c11-4(12)8(17,18)3-7(1-23-2-24-3,9(19,20)5(13)14)10(21,22)6(15)16/h3-6H,1-2H2. The van der Waals surface area contributed by atoms with Gasteiger partial charge in [-0.3, -0.25) is 0 Å². The van der Waals surface area contributed by atoms with Gasteiger partial charge in [0.15, 0.2) is 5.41 Å². The highest BCUT2D eigenvalue weighted by Crippen LogP contribution is 2.60. The lowest BCUT2D eigenvalue weighted by Crippen LogP contribution is -2.74. The predicted molar refractivity (Wildman–Crippen MR) is 51.0 cm³/mol. The van der Waals surface area contributed by atoms with Gasteiger partial charge in [-0.15, -0.1) is 0 Å². The quantitative estimate of drug-likeness (QED) is 0.640. The number of alkyl halides is 12. The van der Waals surface area contributed by atoms with E-state index in [1.54, 1.807) is 0 Å². The first kappa shape index (κ1) is 21.1. The van der Waals surface area contributed by atoms with Gasteiger partial charge in [0.25, 0.3) is 0 Å².